The molecule has 3 aromatic rings. The van der Waals surface area contributed by atoms with Crippen molar-refractivity contribution < 1.29 is 19.1 Å². The Morgan fingerprint density at radius 3 is 2.61 bits per heavy atom. The van der Waals surface area contributed by atoms with Gasteiger partial charge in [0.15, 0.2) is 11.7 Å². The van der Waals surface area contributed by atoms with Crippen LogP contribution in [0.25, 0.3) is 10.9 Å². The summed E-state index contributed by atoms with van der Waals surface area (Å²) in [6.45, 7) is 5.12. The molecular formula is C21H19N3O4. The molecule has 0 saturated heterocycles. The predicted molar refractivity (Wildman–Crippen MR) is 102 cm³/mol. The van der Waals surface area contributed by atoms with Crippen molar-refractivity contribution in [1.29, 1.82) is 5.26 Å². The SMILES string of the molecule is CCOC(=O)c1c(C)[nH]c(C(=O)C(C#N)C(=O)c2ccc3cc[nH]c3c2)c1C. The van der Waals surface area contributed by atoms with Crippen molar-refractivity contribution in [2.24, 2.45) is 5.92 Å². The van der Waals surface area contributed by atoms with Crippen LogP contribution in [0.2, 0.25) is 0 Å². The number of ketones is 2. The van der Waals surface area contributed by atoms with E-state index >= 15 is 0 Å². The molecule has 0 aliphatic rings. The highest BCUT2D eigenvalue weighted by atomic mass is 16.5. The number of aromatic nitrogens is 2. The third kappa shape index (κ3) is 3.21. The van der Waals surface area contributed by atoms with Gasteiger partial charge in [-0.1, -0.05) is 12.1 Å². The fraction of sp³-hybridized carbons (Fsp3) is 0.238. The zero-order valence-corrected chi connectivity index (χ0v) is 15.8. The maximum Gasteiger partial charge on any atom is 0.340 e. The molecule has 0 radical (unpaired) electrons. The van der Waals surface area contributed by atoms with Gasteiger partial charge in [-0.3, -0.25) is 9.59 Å². The molecule has 142 valence electrons. The second kappa shape index (κ2) is 7.53. The highest BCUT2D eigenvalue weighted by Gasteiger charge is 2.32. The van der Waals surface area contributed by atoms with Gasteiger partial charge in [-0.05, 0) is 43.9 Å². The number of aryl methyl sites for hydroxylation is 1. The first-order valence-electron chi connectivity index (χ1n) is 8.80. The lowest BCUT2D eigenvalue weighted by molar-refractivity contribution is 0.0524. The Bertz CT molecular complexity index is 1130. The number of nitriles is 1. The van der Waals surface area contributed by atoms with E-state index in [-0.39, 0.29) is 23.4 Å². The molecule has 0 aliphatic carbocycles. The number of ether oxygens (including phenoxy) is 1. The van der Waals surface area contributed by atoms with Crippen LogP contribution in [0, 0.1) is 31.1 Å². The number of aromatic amines is 2. The van der Waals surface area contributed by atoms with Gasteiger partial charge < -0.3 is 14.7 Å². The summed E-state index contributed by atoms with van der Waals surface area (Å²) in [5.41, 5.74) is 2.15. The molecule has 3 rings (SSSR count). The van der Waals surface area contributed by atoms with Crippen LogP contribution in [-0.2, 0) is 4.74 Å². The van der Waals surface area contributed by atoms with Gasteiger partial charge in [0, 0.05) is 23.0 Å². The fourth-order valence-electron chi connectivity index (χ4n) is 3.25. The molecule has 0 aliphatic heterocycles. The van der Waals surface area contributed by atoms with Crippen molar-refractivity contribution in [1.82, 2.24) is 9.97 Å². The molecule has 7 heteroatoms. The summed E-state index contributed by atoms with van der Waals surface area (Å²) in [6, 6.07) is 8.62. The zero-order chi connectivity index (χ0) is 20.4. The van der Waals surface area contributed by atoms with Crippen molar-refractivity contribution in [3.63, 3.8) is 0 Å². The first-order chi connectivity index (χ1) is 13.4. The van der Waals surface area contributed by atoms with Gasteiger partial charge in [-0.15, -0.1) is 0 Å². The lowest BCUT2D eigenvalue weighted by atomic mass is 9.91. The van der Waals surface area contributed by atoms with Gasteiger partial charge >= 0.3 is 5.97 Å². The number of nitrogens with zero attached hydrogens (tertiary/aromatic N) is 1. The smallest absolute Gasteiger partial charge is 0.340 e. The zero-order valence-electron chi connectivity index (χ0n) is 15.8. The normalized spacial score (nSPS) is 11.8. The number of carbonyl (C=O) groups is 3. The minimum Gasteiger partial charge on any atom is -0.462 e. The third-order valence-corrected chi connectivity index (χ3v) is 4.66. The molecule has 0 amide bonds. The van der Waals surface area contributed by atoms with E-state index in [0.29, 0.717) is 11.3 Å². The van der Waals surface area contributed by atoms with E-state index in [0.717, 1.165) is 10.9 Å². The number of rotatable bonds is 6. The summed E-state index contributed by atoms with van der Waals surface area (Å²) in [5.74, 6) is -3.33. The van der Waals surface area contributed by atoms with Gasteiger partial charge in [0.25, 0.3) is 0 Å². The van der Waals surface area contributed by atoms with Crippen LogP contribution in [0.1, 0.15) is 49.4 Å². The summed E-state index contributed by atoms with van der Waals surface area (Å²) >= 11 is 0. The first kappa shape index (κ1) is 19.1. The molecular weight excluding hydrogens is 358 g/mol. The summed E-state index contributed by atoms with van der Waals surface area (Å²) in [6.07, 6.45) is 1.74. The van der Waals surface area contributed by atoms with Gasteiger partial charge in [0.05, 0.1) is 23.9 Å². The number of nitrogens with one attached hydrogen (secondary N) is 2. The lowest BCUT2D eigenvalue weighted by Gasteiger charge is -2.08. The number of Topliss-reactive ketones (excluding diaryl/α,β-unsaturated/α-hetero) is 2. The largest absolute Gasteiger partial charge is 0.462 e. The number of hydrogen-bond donors (Lipinski definition) is 2. The Morgan fingerprint density at radius 2 is 1.93 bits per heavy atom. The Morgan fingerprint density at radius 1 is 1.18 bits per heavy atom. The average molecular weight is 377 g/mol. The van der Waals surface area contributed by atoms with E-state index in [1.54, 1.807) is 51.2 Å². The first-order valence-corrected chi connectivity index (χ1v) is 8.80. The van der Waals surface area contributed by atoms with Crippen molar-refractivity contribution >= 4 is 28.4 Å². The maximum absolute atomic E-state index is 12.9. The summed E-state index contributed by atoms with van der Waals surface area (Å²) in [5, 5.41) is 10.4. The minimum absolute atomic E-state index is 0.0707. The molecule has 0 bridgehead atoms. The number of H-pyrrole nitrogens is 2. The van der Waals surface area contributed by atoms with Crippen LogP contribution in [0.3, 0.4) is 0 Å². The highest BCUT2D eigenvalue weighted by molar-refractivity contribution is 6.19. The van der Waals surface area contributed by atoms with Crippen LogP contribution in [0.4, 0.5) is 0 Å². The van der Waals surface area contributed by atoms with Crippen molar-refractivity contribution in [3.8, 4) is 6.07 Å². The molecule has 2 aromatic heterocycles. The second-order valence-electron chi connectivity index (χ2n) is 6.42. The number of benzene rings is 1. The molecule has 2 N–H and O–H groups in total. The number of esters is 1. The Hall–Kier alpha value is -3.66. The van der Waals surface area contributed by atoms with Gasteiger partial charge in [-0.25, -0.2) is 4.79 Å². The second-order valence-corrected chi connectivity index (χ2v) is 6.42. The lowest BCUT2D eigenvalue weighted by Crippen LogP contribution is -2.24. The molecule has 7 nitrogen and oxygen atoms in total. The van der Waals surface area contributed by atoms with Crippen LogP contribution in [0.15, 0.2) is 30.5 Å². The molecule has 1 atom stereocenters. The van der Waals surface area contributed by atoms with Crippen LogP contribution < -0.4 is 0 Å². The molecule has 1 unspecified atom stereocenters. The van der Waals surface area contributed by atoms with Crippen molar-refractivity contribution in [3.05, 3.63) is 58.5 Å². The number of fused-ring (bicyclic) bond motifs is 1. The van der Waals surface area contributed by atoms with E-state index in [4.69, 9.17) is 4.74 Å². The molecule has 1 aromatic carbocycles. The van der Waals surface area contributed by atoms with E-state index in [2.05, 4.69) is 9.97 Å². The number of hydrogen-bond acceptors (Lipinski definition) is 5. The standard InChI is InChI=1S/C21H19N3O4/c1-4-28-21(27)17-11(2)18(24-12(17)3)20(26)15(10-22)19(25)14-6-5-13-7-8-23-16(13)9-14/h5-9,15,23-24H,4H2,1-3H3. The van der Waals surface area contributed by atoms with Crippen molar-refractivity contribution in [2.45, 2.75) is 20.8 Å². The molecule has 2 heterocycles. The predicted octanol–water partition coefficient (Wildman–Crippen LogP) is 3.49. The van der Waals surface area contributed by atoms with Gasteiger partial charge in [-0.2, -0.15) is 5.26 Å². The Balaban J connectivity index is 1.95. The molecule has 28 heavy (non-hydrogen) atoms. The minimum atomic E-state index is -1.51. The monoisotopic (exact) mass is 377 g/mol. The van der Waals surface area contributed by atoms with Gasteiger partial charge in [0.2, 0.25) is 5.78 Å². The van der Waals surface area contributed by atoms with Gasteiger partial charge in [0.1, 0.15) is 0 Å². The Labute approximate surface area is 161 Å². The summed E-state index contributed by atoms with van der Waals surface area (Å²) in [4.78, 5) is 43.7. The topological polar surface area (TPSA) is 116 Å². The van der Waals surface area contributed by atoms with E-state index in [1.165, 1.54) is 0 Å². The summed E-state index contributed by atoms with van der Waals surface area (Å²) < 4.78 is 5.01. The maximum atomic E-state index is 12.9. The highest BCUT2D eigenvalue weighted by Crippen LogP contribution is 2.24. The average Bonchev–Trinajstić information content (AvgIpc) is 3.25. The third-order valence-electron chi connectivity index (χ3n) is 4.66. The van der Waals surface area contributed by atoms with Crippen LogP contribution in [-0.4, -0.2) is 34.1 Å². The fourth-order valence-corrected chi connectivity index (χ4v) is 3.25. The molecule has 0 spiro atoms. The molecule has 0 fully saturated rings. The number of carbonyl (C=O) groups excluding carboxylic acids is 3. The Kier molecular flexibility index (Phi) is 5.14. The summed E-state index contributed by atoms with van der Waals surface area (Å²) in [7, 11) is 0. The van der Waals surface area contributed by atoms with E-state index in [9.17, 15) is 19.6 Å². The van der Waals surface area contributed by atoms with Crippen LogP contribution >= 0.6 is 0 Å². The van der Waals surface area contributed by atoms with E-state index < -0.39 is 23.5 Å². The van der Waals surface area contributed by atoms with Crippen molar-refractivity contribution in [2.75, 3.05) is 6.61 Å². The molecule has 0 saturated carbocycles. The van der Waals surface area contributed by atoms with Crippen LogP contribution in [0.5, 0.6) is 0 Å². The van der Waals surface area contributed by atoms with E-state index in [1.807, 2.05) is 6.07 Å². The quantitative estimate of drug-likeness (QED) is 0.387.